The van der Waals surface area contributed by atoms with Crippen molar-refractivity contribution in [2.75, 3.05) is 0 Å². The lowest BCUT2D eigenvalue weighted by Crippen LogP contribution is -2.11. The molecule has 0 amide bonds. The van der Waals surface area contributed by atoms with Crippen LogP contribution in [0.2, 0.25) is 5.02 Å². The van der Waals surface area contributed by atoms with Gasteiger partial charge in [-0.1, -0.05) is 23.8 Å². The normalized spacial score (nSPS) is 11.6. The van der Waals surface area contributed by atoms with Gasteiger partial charge in [0.1, 0.15) is 10.5 Å². The molecule has 8 heteroatoms. The van der Waals surface area contributed by atoms with E-state index in [-0.39, 0.29) is 20.9 Å². The van der Waals surface area contributed by atoms with E-state index in [1.807, 2.05) is 0 Å². The standard InChI is InChI=1S/C11H5ClF4N2S/c12-7-2-1-5(13)3-6(7)8-4-9(19)18-10(17-8)11(14,15)16/h1-4H,(H,17,18,19). The van der Waals surface area contributed by atoms with Crippen molar-refractivity contribution in [3.63, 3.8) is 0 Å². The first-order chi connectivity index (χ1) is 8.77. The Morgan fingerprint density at radius 1 is 1.21 bits per heavy atom. The summed E-state index contributed by atoms with van der Waals surface area (Å²) in [6.45, 7) is 0. The third-order valence-corrected chi connectivity index (χ3v) is 2.77. The number of rotatable bonds is 1. The van der Waals surface area contributed by atoms with Gasteiger partial charge in [-0.05, 0) is 24.3 Å². The van der Waals surface area contributed by atoms with Gasteiger partial charge in [-0.25, -0.2) is 9.37 Å². The van der Waals surface area contributed by atoms with E-state index < -0.39 is 17.8 Å². The maximum Gasteiger partial charge on any atom is 0.449 e. The lowest BCUT2D eigenvalue weighted by Gasteiger charge is -2.09. The van der Waals surface area contributed by atoms with Crippen molar-refractivity contribution in [2.45, 2.75) is 6.18 Å². The third kappa shape index (κ3) is 3.10. The number of halogens is 5. The van der Waals surface area contributed by atoms with Crippen LogP contribution >= 0.6 is 23.8 Å². The molecule has 0 atom stereocenters. The third-order valence-electron chi connectivity index (χ3n) is 2.23. The minimum atomic E-state index is -4.68. The van der Waals surface area contributed by atoms with Gasteiger partial charge in [0.05, 0.1) is 10.7 Å². The largest absolute Gasteiger partial charge is 0.449 e. The zero-order valence-electron chi connectivity index (χ0n) is 9.05. The first-order valence-electron chi connectivity index (χ1n) is 4.91. The summed E-state index contributed by atoms with van der Waals surface area (Å²) >= 11 is 10.5. The van der Waals surface area contributed by atoms with Gasteiger partial charge in [-0.2, -0.15) is 13.2 Å². The van der Waals surface area contributed by atoms with Crippen molar-refractivity contribution >= 4 is 23.8 Å². The fraction of sp³-hybridized carbons (Fsp3) is 0.0909. The summed E-state index contributed by atoms with van der Waals surface area (Å²) in [6, 6.07) is 4.55. The van der Waals surface area contributed by atoms with Crippen LogP contribution in [0.25, 0.3) is 11.3 Å². The Bertz CT molecular complexity index is 681. The molecule has 2 rings (SSSR count). The molecule has 100 valence electrons. The average molecular weight is 309 g/mol. The minimum Gasteiger partial charge on any atom is -0.335 e. The SMILES string of the molecule is Fc1ccc(Cl)c(-c2cc(=S)nc(C(F)(F)F)[nH]2)c1. The molecule has 0 spiro atoms. The molecule has 1 heterocycles. The molecule has 1 aromatic carbocycles. The van der Waals surface area contributed by atoms with Crippen molar-refractivity contribution in [1.29, 1.82) is 0 Å². The van der Waals surface area contributed by atoms with Gasteiger partial charge >= 0.3 is 6.18 Å². The highest BCUT2D eigenvalue weighted by molar-refractivity contribution is 7.71. The molecule has 0 radical (unpaired) electrons. The lowest BCUT2D eigenvalue weighted by atomic mass is 10.1. The van der Waals surface area contributed by atoms with Crippen LogP contribution in [-0.2, 0) is 6.18 Å². The molecular weight excluding hydrogens is 304 g/mol. The van der Waals surface area contributed by atoms with E-state index in [1.54, 1.807) is 0 Å². The van der Waals surface area contributed by atoms with Crippen LogP contribution in [0.15, 0.2) is 24.3 Å². The second-order valence-corrected chi connectivity index (χ2v) is 4.43. The molecule has 1 N–H and O–H groups in total. The number of benzene rings is 1. The van der Waals surface area contributed by atoms with Gasteiger partial charge in [0.15, 0.2) is 0 Å². The topological polar surface area (TPSA) is 28.7 Å². The Balaban J connectivity index is 2.66. The first kappa shape index (κ1) is 14.0. The second kappa shape index (κ2) is 4.90. The zero-order chi connectivity index (χ0) is 14.2. The molecule has 2 nitrogen and oxygen atoms in total. The number of nitrogens with one attached hydrogen (secondary N) is 1. The Labute approximate surface area is 115 Å². The van der Waals surface area contributed by atoms with E-state index in [9.17, 15) is 17.6 Å². The maximum absolute atomic E-state index is 13.1. The van der Waals surface area contributed by atoms with Crippen molar-refractivity contribution in [1.82, 2.24) is 9.97 Å². The van der Waals surface area contributed by atoms with Crippen LogP contribution in [0.3, 0.4) is 0 Å². The predicted molar refractivity (Wildman–Crippen MR) is 64.8 cm³/mol. The van der Waals surface area contributed by atoms with Gasteiger partial charge in [0.25, 0.3) is 0 Å². The van der Waals surface area contributed by atoms with Crippen molar-refractivity contribution in [3.8, 4) is 11.3 Å². The van der Waals surface area contributed by atoms with Crippen molar-refractivity contribution < 1.29 is 17.6 Å². The van der Waals surface area contributed by atoms with Crippen molar-refractivity contribution in [3.05, 3.63) is 45.6 Å². The Hall–Kier alpha value is -1.47. The average Bonchev–Trinajstić information content (AvgIpc) is 2.30. The van der Waals surface area contributed by atoms with Crippen molar-refractivity contribution in [2.24, 2.45) is 0 Å². The number of nitrogens with zero attached hydrogens (tertiary/aromatic N) is 1. The summed E-state index contributed by atoms with van der Waals surface area (Å²) < 4.78 is 50.7. The van der Waals surface area contributed by atoms with Gasteiger partial charge < -0.3 is 4.98 Å². The minimum absolute atomic E-state index is 0.0446. The van der Waals surface area contributed by atoms with Gasteiger partial charge in [0.2, 0.25) is 5.82 Å². The highest BCUT2D eigenvalue weighted by atomic mass is 35.5. The quantitative estimate of drug-likeness (QED) is 0.615. The van der Waals surface area contributed by atoms with Crippen LogP contribution in [0.5, 0.6) is 0 Å². The van der Waals surface area contributed by atoms with E-state index in [0.29, 0.717) is 0 Å². The van der Waals surface area contributed by atoms with E-state index in [2.05, 4.69) is 22.2 Å². The van der Waals surface area contributed by atoms with E-state index in [0.717, 1.165) is 12.1 Å². The van der Waals surface area contributed by atoms with E-state index in [4.69, 9.17) is 11.6 Å². The molecule has 0 unspecified atom stereocenters. The maximum atomic E-state index is 13.1. The van der Waals surface area contributed by atoms with Crippen LogP contribution < -0.4 is 0 Å². The van der Waals surface area contributed by atoms with Crippen LogP contribution in [-0.4, -0.2) is 9.97 Å². The highest BCUT2D eigenvalue weighted by Gasteiger charge is 2.34. The monoisotopic (exact) mass is 308 g/mol. The van der Waals surface area contributed by atoms with Gasteiger partial charge in [-0.3, -0.25) is 0 Å². The Kier molecular flexibility index (Phi) is 3.60. The highest BCUT2D eigenvalue weighted by Crippen LogP contribution is 2.31. The number of alkyl halides is 3. The van der Waals surface area contributed by atoms with Crippen LogP contribution in [0, 0.1) is 10.5 Å². The molecule has 0 saturated carbocycles. The molecule has 0 aliphatic heterocycles. The smallest absolute Gasteiger partial charge is 0.335 e. The number of hydrogen-bond donors (Lipinski definition) is 1. The molecule has 2 aromatic rings. The number of hydrogen-bond acceptors (Lipinski definition) is 2. The fourth-order valence-electron chi connectivity index (χ4n) is 1.44. The second-order valence-electron chi connectivity index (χ2n) is 3.60. The Morgan fingerprint density at radius 3 is 2.53 bits per heavy atom. The predicted octanol–water partition coefficient (Wildman–Crippen LogP) is 4.62. The summed E-state index contributed by atoms with van der Waals surface area (Å²) in [4.78, 5) is 5.24. The summed E-state index contributed by atoms with van der Waals surface area (Å²) in [5.74, 6) is -1.88. The van der Waals surface area contributed by atoms with Crippen LogP contribution in [0.1, 0.15) is 5.82 Å². The zero-order valence-corrected chi connectivity index (χ0v) is 10.6. The Morgan fingerprint density at radius 2 is 1.89 bits per heavy atom. The molecule has 0 fully saturated rings. The molecule has 19 heavy (non-hydrogen) atoms. The van der Waals surface area contributed by atoms with Crippen LogP contribution in [0.4, 0.5) is 17.6 Å². The molecule has 1 aromatic heterocycles. The summed E-state index contributed by atoms with van der Waals surface area (Å²) in [7, 11) is 0. The molecule has 0 aliphatic carbocycles. The summed E-state index contributed by atoms with van der Waals surface area (Å²) in [5.41, 5.74) is 0.0393. The molecule has 0 aliphatic rings. The van der Waals surface area contributed by atoms with Gasteiger partial charge in [0, 0.05) is 5.56 Å². The number of aromatic nitrogens is 2. The molecule has 0 bridgehead atoms. The van der Waals surface area contributed by atoms with E-state index >= 15 is 0 Å². The lowest BCUT2D eigenvalue weighted by molar-refractivity contribution is -0.144. The van der Waals surface area contributed by atoms with Gasteiger partial charge in [-0.15, -0.1) is 0 Å². The summed E-state index contributed by atoms with van der Waals surface area (Å²) in [6.07, 6.45) is -4.68. The first-order valence-corrected chi connectivity index (χ1v) is 5.70. The molecule has 0 saturated heterocycles. The fourth-order valence-corrected chi connectivity index (χ4v) is 1.87. The number of H-pyrrole nitrogens is 1. The van der Waals surface area contributed by atoms with E-state index in [1.165, 1.54) is 12.1 Å². The molecular formula is C11H5ClF4N2S. The summed E-state index contributed by atoms with van der Waals surface area (Å²) in [5, 5.41) is 0.103. The number of aromatic amines is 1.